The second-order valence-corrected chi connectivity index (χ2v) is 6.56. The number of aryl methyl sites for hydroxylation is 1. The molecule has 19 heavy (non-hydrogen) atoms. The first-order valence-electron chi connectivity index (χ1n) is 6.33. The van der Waals surface area contributed by atoms with Gasteiger partial charge < -0.3 is 0 Å². The summed E-state index contributed by atoms with van der Waals surface area (Å²) in [6.07, 6.45) is 1.07. The van der Waals surface area contributed by atoms with Crippen molar-refractivity contribution in [3.8, 4) is 0 Å². The van der Waals surface area contributed by atoms with E-state index in [-0.39, 0.29) is 6.04 Å². The number of benzene rings is 1. The quantitative estimate of drug-likeness (QED) is 0.561. The largest absolute Gasteiger partial charge is 0.271 e. The van der Waals surface area contributed by atoms with Gasteiger partial charge in [0.15, 0.2) is 0 Å². The molecule has 0 aliphatic carbocycles. The van der Waals surface area contributed by atoms with Crippen molar-refractivity contribution in [3.05, 3.63) is 57.8 Å². The van der Waals surface area contributed by atoms with Gasteiger partial charge in [-0.2, -0.15) is 0 Å². The van der Waals surface area contributed by atoms with Crippen LogP contribution >= 0.6 is 22.7 Å². The van der Waals surface area contributed by atoms with Gasteiger partial charge in [0.1, 0.15) is 0 Å². The number of hydrogen-bond donors (Lipinski definition) is 2. The molecule has 1 aromatic carbocycles. The number of nitrogens with two attached hydrogens (primary N) is 1. The fourth-order valence-corrected chi connectivity index (χ4v) is 4.42. The second kappa shape index (κ2) is 5.43. The average molecular weight is 288 g/mol. The van der Waals surface area contributed by atoms with E-state index in [1.54, 1.807) is 11.3 Å². The highest BCUT2D eigenvalue weighted by molar-refractivity contribution is 7.27. The summed E-state index contributed by atoms with van der Waals surface area (Å²) in [5, 5.41) is 2.13. The number of nitrogens with one attached hydrogen (secondary N) is 1. The Balaban J connectivity index is 1.96. The lowest BCUT2D eigenvalue weighted by atomic mass is 10.0. The van der Waals surface area contributed by atoms with E-state index in [9.17, 15) is 0 Å². The van der Waals surface area contributed by atoms with Gasteiger partial charge in [-0.05, 0) is 35.1 Å². The molecule has 0 saturated carbocycles. The molecule has 2 heterocycles. The Kier molecular flexibility index (Phi) is 3.66. The molecule has 0 fully saturated rings. The standard InChI is InChI=1S/C15H16N2S2/c1-2-10-3-5-11(6-4-10)15(17-16)14-9-13-12(19-14)7-8-18-13/h3-9,15,17H,2,16H2,1H3. The summed E-state index contributed by atoms with van der Waals surface area (Å²) in [5.41, 5.74) is 5.51. The average Bonchev–Trinajstić information content (AvgIpc) is 3.02. The SMILES string of the molecule is CCc1ccc(C(NN)c2cc3sccc3s2)cc1. The zero-order valence-electron chi connectivity index (χ0n) is 10.7. The molecule has 0 amide bonds. The van der Waals surface area contributed by atoms with Crippen molar-refractivity contribution in [3.63, 3.8) is 0 Å². The third-order valence-electron chi connectivity index (χ3n) is 3.33. The molecule has 0 saturated heterocycles. The molecule has 1 atom stereocenters. The van der Waals surface area contributed by atoms with Crippen LogP contribution in [-0.2, 0) is 6.42 Å². The highest BCUT2D eigenvalue weighted by atomic mass is 32.1. The van der Waals surface area contributed by atoms with Crippen molar-refractivity contribution in [2.45, 2.75) is 19.4 Å². The predicted molar refractivity (Wildman–Crippen MR) is 84.7 cm³/mol. The Bertz CT molecular complexity index is 638. The maximum atomic E-state index is 5.76. The molecule has 2 aromatic heterocycles. The summed E-state index contributed by atoms with van der Waals surface area (Å²) in [4.78, 5) is 1.27. The third kappa shape index (κ3) is 2.44. The summed E-state index contributed by atoms with van der Waals surface area (Å²) >= 11 is 3.59. The van der Waals surface area contributed by atoms with E-state index in [1.165, 1.54) is 25.4 Å². The minimum absolute atomic E-state index is 0.0792. The summed E-state index contributed by atoms with van der Waals surface area (Å²) in [5.74, 6) is 5.76. The van der Waals surface area contributed by atoms with Gasteiger partial charge in [-0.3, -0.25) is 5.84 Å². The minimum Gasteiger partial charge on any atom is -0.271 e. The molecule has 1 unspecified atom stereocenters. The van der Waals surface area contributed by atoms with E-state index in [1.807, 2.05) is 11.3 Å². The molecule has 0 bridgehead atoms. The Hall–Kier alpha value is -1.20. The topological polar surface area (TPSA) is 38.0 Å². The fraction of sp³-hybridized carbons (Fsp3) is 0.200. The first-order valence-corrected chi connectivity index (χ1v) is 8.03. The van der Waals surface area contributed by atoms with Gasteiger partial charge in [0, 0.05) is 14.3 Å². The number of fused-ring (bicyclic) bond motifs is 1. The van der Waals surface area contributed by atoms with Crippen LogP contribution in [0.25, 0.3) is 9.40 Å². The van der Waals surface area contributed by atoms with E-state index >= 15 is 0 Å². The second-order valence-electron chi connectivity index (χ2n) is 4.49. The zero-order valence-corrected chi connectivity index (χ0v) is 12.4. The number of hydrazine groups is 1. The van der Waals surface area contributed by atoms with Crippen LogP contribution in [0, 0.1) is 0 Å². The van der Waals surface area contributed by atoms with Crippen molar-refractivity contribution >= 4 is 32.1 Å². The minimum atomic E-state index is 0.0792. The van der Waals surface area contributed by atoms with Crippen LogP contribution in [0.1, 0.15) is 29.0 Å². The van der Waals surface area contributed by atoms with Crippen molar-refractivity contribution in [2.75, 3.05) is 0 Å². The summed E-state index contributed by atoms with van der Waals surface area (Å²) < 4.78 is 2.68. The monoisotopic (exact) mass is 288 g/mol. The Morgan fingerprint density at radius 2 is 1.95 bits per heavy atom. The summed E-state index contributed by atoms with van der Waals surface area (Å²) in [6.45, 7) is 2.17. The summed E-state index contributed by atoms with van der Waals surface area (Å²) in [7, 11) is 0. The lowest BCUT2D eigenvalue weighted by molar-refractivity contribution is 0.646. The fourth-order valence-electron chi connectivity index (χ4n) is 2.22. The Morgan fingerprint density at radius 1 is 1.16 bits per heavy atom. The van der Waals surface area contributed by atoms with Gasteiger partial charge >= 0.3 is 0 Å². The van der Waals surface area contributed by atoms with Gasteiger partial charge in [0.2, 0.25) is 0 Å². The van der Waals surface area contributed by atoms with Crippen molar-refractivity contribution in [2.24, 2.45) is 5.84 Å². The van der Waals surface area contributed by atoms with E-state index in [2.05, 4.69) is 54.1 Å². The smallest absolute Gasteiger partial charge is 0.0803 e. The van der Waals surface area contributed by atoms with Crippen LogP contribution in [0.5, 0.6) is 0 Å². The molecule has 3 N–H and O–H groups in total. The van der Waals surface area contributed by atoms with Crippen molar-refractivity contribution in [1.82, 2.24) is 5.43 Å². The number of rotatable bonds is 4. The van der Waals surface area contributed by atoms with Gasteiger partial charge in [-0.1, -0.05) is 31.2 Å². The number of hydrogen-bond acceptors (Lipinski definition) is 4. The highest BCUT2D eigenvalue weighted by Crippen LogP contribution is 2.35. The first-order chi connectivity index (χ1) is 9.31. The summed E-state index contributed by atoms with van der Waals surface area (Å²) in [6, 6.07) is 13.2. The molecule has 3 rings (SSSR count). The molecule has 0 aliphatic rings. The molecule has 2 nitrogen and oxygen atoms in total. The molecule has 3 aromatic rings. The predicted octanol–water partition coefficient (Wildman–Crippen LogP) is 4.08. The lowest BCUT2D eigenvalue weighted by Gasteiger charge is -2.15. The molecule has 0 spiro atoms. The van der Waals surface area contributed by atoms with E-state index in [4.69, 9.17) is 5.84 Å². The third-order valence-corrected chi connectivity index (χ3v) is 5.49. The molecular formula is C15H16N2S2. The van der Waals surface area contributed by atoms with E-state index in [0.717, 1.165) is 6.42 Å². The van der Waals surface area contributed by atoms with E-state index in [0.29, 0.717) is 0 Å². The molecule has 4 heteroatoms. The van der Waals surface area contributed by atoms with Gasteiger partial charge in [0.25, 0.3) is 0 Å². The molecular weight excluding hydrogens is 272 g/mol. The van der Waals surface area contributed by atoms with Crippen LogP contribution in [-0.4, -0.2) is 0 Å². The van der Waals surface area contributed by atoms with E-state index < -0.39 is 0 Å². The molecule has 98 valence electrons. The van der Waals surface area contributed by atoms with Crippen molar-refractivity contribution < 1.29 is 0 Å². The Labute approximate surface area is 120 Å². The molecule has 0 aliphatic heterocycles. The zero-order chi connectivity index (χ0) is 13.2. The van der Waals surface area contributed by atoms with Crippen LogP contribution in [0.4, 0.5) is 0 Å². The van der Waals surface area contributed by atoms with Gasteiger partial charge in [-0.25, -0.2) is 5.43 Å². The van der Waals surface area contributed by atoms with Gasteiger partial charge in [0.05, 0.1) is 6.04 Å². The number of thiophene rings is 2. The molecule has 0 radical (unpaired) electrons. The maximum absolute atomic E-state index is 5.76. The highest BCUT2D eigenvalue weighted by Gasteiger charge is 2.15. The van der Waals surface area contributed by atoms with Gasteiger partial charge in [-0.15, -0.1) is 22.7 Å². The van der Waals surface area contributed by atoms with Crippen LogP contribution in [0.2, 0.25) is 0 Å². The van der Waals surface area contributed by atoms with Crippen LogP contribution in [0.15, 0.2) is 41.8 Å². The first kappa shape index (κ1) is 12.8. The Morgan fingerprint density at radius 3 is 2.58 bits per heavy atom. The van der Waals surface area contributed by atoms with Crippen molar-refractivity contribution in [1.29, 1.82) is 0 Å². The normalized spacial score (nSPS) is 12.9. The van der Waals surface area contributed by atoms with Crippen LogP contribution in [0.3, 0.4) is 0 Å². The maximum Gasteiger partial charge on any atom is 0.0803 e. The van der Waals surface area contributed by atoms with Crippen LogP contribution < -0.4 is 11.3 Å². The lowest BCUT2D eigenvalue weighted by Crippen LogP contribution is -2.28.